The summed E-state index contributed by atoms with van der Waals surface area (Å²) in [6, 6.07) is 9.04. The highest BCUT2D eigenvalue weighted by Crippen LogP contribution is 2.38. The molecule has 3 amide bonds. The molecule has 2 aromatic rings. The van der Waals surface area contributed by atoms with E-state index in [1.54, 1.807) is 25.7 Å². The number of carbonyl (C=O) groups is 2. The first-order valence-electron chi connectivity index (χ1n) is 9.90. The molecule has 4 rings (SSSR count). The van der Waals surface area contributed by atoms with E-state index in [0.717, 1.165) is 12.0 Å². The Balaban J connectivity index is 1.38. The highest BCUT2D eigenvalue weighted by Gasteiger charge is 2.47. The molecule has 2 saturated heterocycles. The molecule has 1 aromatic carbocycles. The third-order valence-corrected chi connectivity index (χ3v) is 4.87. The number of aromatic nitrogens is 2. The molecule has 3 heterocycles. The maximum absolute atomic E-state index is 12.9. The molecule has 0 unspecified atom stereocenters. The first kappa shape index (κ1) is 20.1. The van der Waals surface area contributed by atoms with E-state index in [9.17, 15) is 9.59 Å². The lowest BCUT2D eigenvalue weighted by Crippen LogP contribution is -2.34. The van der Waals surface area contributed by atoms with Gasteiger partial charge >= 0.3 is 18.1 Å². The standard InChI is InChI=1S/C20H25N5O5/c1-20(2,3)30-18(26)21-17-23-22-16(29-17)15-10-9-14-11-24(15)19(27)25(14)28-12-13-7-5-4-6-8-13/h4-8,14-15H,9-12H2,1-3H3,(H,21,23,26)/t14-,15-/m0/s1. The van der Waals surface area contributed by atoms with Crippen molar-refractivity contribution in [2.24, 2.45) is 0 Å². The van der Waals surface area contributed by atoms with Crippen molar-refractivity contribution in [2.45, 2.75) is 57.9 Å². The van der Waals surface area contributed by atoms with Crippen LogP contribution < -0.4 is 5.32 Å². The number of ether oxygens (including phenoxy) is 1. The van der Waals surface area contributed by atoms with Crippen LogP contribution in [0.4, 0.5) is 15.6 Å². The van der Waals surface area contributed by atoms with Crippen LogP contribution >= 0.6 is 0 Å². The molecule has 1 aromatic heterocycles. The van der Waals surface area contributed by atoms with Gasteiger partial charge in [0.1, 0.15) is 18.2 Å². The number of nitrogens with one attached hydrogen (secondary N) is 1. The van der Waals surface area contributed by atoms with Gasteiger partial charge in [0.15, 0.2) is 0 Å². The first-order valence-corrected chi connectivity index (χ1v) is 9.90. The van der Waals surface area contributed by atoms with E-state index >= 15 is 0 Å². The molecule has 2 bridgehead atoms. The SMILES string of the molecule is CC(C)(C)OC(=O)Nc1nnc([C@@H]2CC[C@H]3CN2C(=O)N3OCc2ccccc2)o1. The molecule has 0 spiro atoms. The zero-order valence-corrected chi connectivity index (χ0v) is 17.2. The number of hydrogen-bond acceptors (Lipinski definition) is 7. The minimum atomic E-state index is -0.681. The van der Waals surface area contributed by atoms with E-state index in [0.29, 0.717) is 19.6 Å². The van der Waals surface area contributed by atoms with Gasteiger partial charge in [0.2, 0.25) is 5.89 Å². The fourth-order valence-electron chi connectivity index (χ4n) is 3.58. The zero-order valence-electron chi connectivity index (χ0n) is 17.2. The number of amides is 3. The number of hydroxylamine groups is 2. The van der Waals surface area contributed by atoms with Gasteiger partial charge in [-0.3, -0.25) is 4.84 Å². The second-order valence-electron chi connectivity index (χ2n) is 8.34. The molecule has 1 N–H and O–H groups in total. The highest BCUT2D eigenvalue weighted by molar-refractivity contribution is 5.82. The molecule has 30 heavy (non-hydrogen) atoms. The molecule has 160 valence electrons. The Labute approximate surface area is 174 Å². The van der Waals surface area contributed by atoms with Gasteiger partial charge < -0.3 is 14.1 Å². The van der Waals surface area contributed by atoms with E-state index in [4.69, 9.17) is 14.0 Å². The number of benzene rings is 1. The third kappa shape index (κ3) is 4.38. The number of carbonyl (C=O) groups excluding carboxylic acids is 2. The Morgan fingerprint density at radius 2 is 2.00 bits per heavy atom. The number of fused-ring (bicyclic) bond motifs is 2. The van der Waals surface area contributed by atoms with Crippen molar-refractivity contribution in [1.82, 2.24) is 20.2 Å². The Morgan fingerprint density at radius 3 is 2.73 bits per heavy atom. The summed E-state index contributed by atoms with van der Waals surface area (Å²) >= 11 is 0. The summed E-state index contributed by atoms with van der Waals surface area (Å²) in [6.45, 7) is 6.13. The van der Waals surface area contributed by atoms with Crippen molar-refractivity contribution in [1.29, 1.82) is 0 Å². The zero-order chi connectivity index (χ0) is 21.3. The van der Waals surface area contributed by atoms with Crippen LogP contribution in [-0.2, 0) is 16.2 Å². The Morgan fingerprint density at radius 1 is 1.23 bits per heavy atom. The maximum Gasteiger partial charge on any atom is 0.415 e. The lowest BCUT2D eigenvalue weighted by molar-refractivity contribution is -0.140. The number of urea groups is 1. The average molecular weight is 415 g/mol. The van der Waals surface area contributed by atoms with Crippen molar-refractivity contribution in [2.75, 3.05) is 11.9 Å². The highest BCUT2D eigenvalue weighted by atomic mass is 16.7. The molecule has 0 radical (unpaired) electrons. The van der Waals surface area contributed by atoms with E-state index in [-0.39, 0.29) is 30.0 Å². The van der Waals surface area contributed by atoms with Crippen LogP contribution in [-0.4, -0.2) is 50.5 Å². The quantitative estimate of drug-likeness (QED) is 0.796. The Bertz CT molecular complexity index is 910. The van der Waals surface area contributed by atoms with Crippen LogP contribution in [0.15, 0.2) is 34.7 Å². The average Bonchev–Trinajstić information content (AvgIpc) is 3.23. The van der Waals surface area contributed by atoms with Crippen LogP contribution in [0.5, 0.6) is 0 Å². The molecule has 2 atom stereocenters. The summed E-state index contributed by atoms with van der Waals surface area (Å²) in [5.74, 6) is 0.276. The lowest BCUT2D eigenvalue weighted by Gasteiger charge is -2.27. The van der Waals surface area contributed by atoms with Crippen LogP contribution in [0.2, 0.25) is 0 Å². The third-order valence-electron chi connectivity index (χ3n) is 4.87. The summed E-state index contributed by atoms with van der Waals surface area (Å²) < 4.78 is 10.8. The summed E-state index contributed by atoms with van der Waals surface area (Å²) in [5.41, 5.74) is 0.351. The normalized spacial score (nSPS) is 21.1. The number of anilines is 1. The topological polar surface area (TPSA) is 110 Å². The molecular weight excluding hydrogens is 390 g/mol. The van der Waals surface area contributed by atoms with Crippen LogP contribution in [0.25, 0.3) is 0 Å². The lowest BCUT2D eigenvalue weighted by atomic mass is 10.0. The molecule has 10 heteroatoms. The van der Waals surface area contributed by atoms with Gasteiger partial charge in [-0.25, -0.2) is 14.9 Å². The van der Waals surface area contributed by atoms with E-state index in [2.05, 4.69) is 15.5 Å². The number of nitrogens with zero attached hydrogens (tertiary/aromatic N) is 4. The maximum atomic E-state index is 12.9. The van der Waals surface area contributed by atoms with E-state index in [1.165, 1.54) is 5.06 Å². The second kappa shape index (κ2) is 7.94. The molecule has 2 aliphatic rings. The van der Waals surface area contributed by atoms with E-state index in [1.807, 2.05) is 30.3 Å². The molecule has 2 fully saturated rings. The molecule has 0 aliphatic carbocycles. The van der Waals surface area contributed by atoms with Gasteiger partial charge in [-0.05, 0) is 39.2 Å². The summed E-state index contributed by atoms with van der Waals surface area (Å²) in [4.78, 5) is 32.2. The predicted octanol–water partition coefficient (Wildman–Crippen LogP) is 3.49. The predicted molar refractivity (Wildman–Crippen MR) is 105 cm³/mol. The minimum Gasteiger partial charge on any atom is -0.443 e. The fourth-order valence-corrected chi connectivity index (χ4v) is 3.58. The van der Waals surface area contributed by atoms with Crippen molar-refractivity contribution in [3.05, 3.63) is 41.8 Å². The molecule has 0 saturated carbocycles. The number of rotatable bonds is 5. The second-order valence-corrected chi connectivity index (χ2v) is 8.34. The van der Waals surface area contributed by atoms with Gasteiger partial charge in [0.25, 0.3) is 0 Å². The van der Waals surface area contributed by atoms with E-state index < -0.39 is 11.7 Å². The number of hydrogen-bond donors (Lipinski definition) is 1. The Hall–Kier alpha value is -3.14. The molecular formula is C20H25N5O5. The van der Waals surface area contributed by atoms with Gasteiger partial charge in [-0.15, -0.1) is 5.10 Å². The van der Waals surface area contributed by atoms with Gasteiger partial charge in [0.05, 0.1) is 6.04 Å². The van der Waals surface area contributed by atoms with Gasteiger partial charge in [-0.2, -0.15) is 5.06 Å². The van der Waals surface area contributed by atoms with Crippen molar-refractivity contribution < 1.29 is 23.6 Å². The molecule has 10 nitrogen and oxygen atoms in total. The minimum absolute atomic E-state index is 0.0141. The summed E-state index contributed by atoms with van der Waals surface area (Å²) in [6.07, 6.45) is 0.730. The first-order chi connectivity index (χ1) is 14.3. The van der Waals surface area contributed by atoms with Crippen molar-refractivity contribution >= 4 is 18.1 Å². The van der Waals surface area contributed by atoms with Crippen LogP contribution in [0.1, 0.15) is 51.1 Å². The van der Waals surface area contributed by atoms with Crippen molar-refractivity contribution in [3.63, 3.8) is 0 Å². The van der Waals surface area contributed by atoms with Crippen LogP contribution in [0.3, 0.4) is 0 Å². The molecule has 2 aliphatic heterocycles. The van der Waals surface area contributed by atoms with Gasteiger partial charge in [-0.1, -0.05) is 35.4 Å². The summed E-state index contributed by atoms with van der Waals surface area (Å²) in [7, 11) is 0. The monoisotopic (exact) mass is 415 g/mol. The largest absolute Gasteiger partial charge is 0.443 e. The van der Waals surface area contributed by atoms with Crippen LogP contribution in [0, 0.1) is 0 Å². The summed E-state index contributed by atoms with van der Waals surface area (Å²) in [5, 5.41) is 11.7. The Kier molecular flexibility index (Phi) is 5.33. The smallest absolute Gasteiger partial charge is 0.415 e. The number of piperidine rings is 1. The van der Waals surface area contributed by atoms with Gasteiger partial charge in [0, 0.05) is 6.54 Å². The fraction of sp³-hybridized carbons (Fsp3) is 0.500. The van der Waals surface area contributed by atoms with Crippen molar-refractivity contribution in [3.8, 4) is 0 Å².